The second-order valence-corrected chi connectivity index (χ2v) is 5.82. The quantitative estimate of drug-likeness (QED) is 0.809. The predicted molar refractivity (Wildman–Crippen MR) is 93.9 cm³/mol. The molecule has 0 amide bonds. The van der Waals surface area contributed by atoms with Crippen LogP contribution in [0.3, 0.4) is 0 Å². The first-order chi connectivity index (χ1) is 12.5. The van der Waals surface area contributed by atoms with Gasteiger partial charge in [0, 0.05) is 17.3 Å². The zero-order valence-corrected chi connectivity index (χ0v) is 14.8. The Morgan fingerprint density at radius 2 is 1.92 bits per heavy atom. The number of carbonyl (C=O) groups is 2. The number of hydrogen-bond acceptors (Lipinski definition) is 7. The summed E-state index contributed by atoms with van der Waals surface area (Å²) in [6.07, 6.45) is 1.41. The highest BCUT2D eigenvalue weighted by molar-refractivity contribution is 6.35. The molecule has 1 aliphatic rings. The van der Waals surface area contributed by atoms with Crippen LogP contribution in [0.2, 0.25) is 5.02 Å². The summed E-state index contributed by atoms with van der Waals surface area (Å²) in [7, 11) is 2.42. The van der Waals surface area contributed by atoms with Gasteiger partial charge in [-0.15, -0.1) is 0 Å². The largest absolute Gasteiger partial charge is 0.466 e. The summed E-state index contributed by atoms with van der Waals surface area (Å²) in [6.45, 7) is -0.0947. The molecule has 1 aromatic carbocycles. The standard InChI is InChI=1S/C17H15ClN2O6/c1-24-16(22)12-7-26-8-20(14(12)17(23)25-2)9-3-4-10-11(5-9)15(21)19-6-13(10)18/h3-6H,7-8H2,1-2H3,(H,19,21). The molecule has 0 fully saturated rings. The van der Waals surface area contributed by atoms with Crippen molar-refractivity contribution in [3.63, 3.8) is 0 Å². The molecule has 0 radical (unpaired) electrons. The molecule has 0 aliphatic carbocycles. The SMILES string of the molecule is COC(=O)C1=C(C(=O)OC)N(c2ccc3c(Cl)c[nH]c(=O)c3c2)COC1. The van der Waals surface area contributed by atoms with Crippen molar-refractivity contribution in [2.45, 2.75) is 0 Å². The molecule has 8 nitrogen and oxygen atoms in total. The van der Waals surface area contributed by atoms with Crippen LogP contribution in [0.4, 0.5) is 5.69 Å². The molecule has 9 heteroatoms. The van der Waals surface area contributed by atoms with Crippen molar-refractivity contribution < 1.29 is 23.8 Å². The van der Waals surface area contributed by atoms with Gasteiger partial charge in [-0.25, -0.2) is 9.59 Å². The fraction of sp³-hybridized carbons (Fsp3) is 0.235. The Balaban J connectivity index is 2.19. The van der Waals surface area contributed by atoms with E-state index in [9.17, 15) is 14.4 Å². The highest BCUT2D eigenvalue weighted by atomic mass is 35.5. The maximum Gasteiger partial charge on any atom is 0.355 e. The number of carbonyl (C=O) groups excluding carboxylic acids is 2. The average Bonchev–Trinajstić information content (AvgIpc) is 2.68. The monoisotopic (exact) mass is 378 g/mol. The number of fused-ring (bicyclic) bond motifs is 1. The molecule has 0 bridgehead atoms. The van der Waals surface area contributed by atoms with Crippen LogP contribution < -0.4 is 10.5 Å². The lowest BCUT2D eigenvalue weighted by Crippen LogP contribution is -2.38. The third kappa shape index (κ3) is 3.04. The summed E-state index contributed by atoms with van der Waals surface area (Å²) in [6, 6.07) is 4.89. The van der Waals surface area contributed by atoms with Gasteiger partial charge in [0.25, 0.3) is 5.56 Å². The van der Waals surface area contributed by atoms with Gasteiger partial charge in [0.2, 0.25) is 0 Å². The van der Waals surface area contributed by atoms with Crippen molar-refractivity contribution in [3.8, 4) is 0 Å². The smallest absolute Gasteiger partial charge is 0.355 e. The highest BCUT2D eigenvalue weighted by Gasteiger charge is 2.32. The zero-order chi connectivity index (χ0) is 18.8. The summed E-state index contributed by atoms with van der Waals surface area (Å²) >= 11 is 6.10. The molecule has 1 aromatic heterocycles. The maximum absolute atomic E-state index is 12.3. The molecule has 1 aliphatic heterocycles. The normalized spacial score (nSPS) is 14.5. The first-order valence-electron chi connectivity index (χ1n) is 7.54. The van der Waals surface area contributed by atoms with Crippen molar-refractivity contribution in [1.29, 1.82) is 0 Å². The van der Waals surface area contributed by atoms with E-state index in [2.05, 4.69) is 4.98 Å². The molecule has 136 valence electrons. The fourth-order valence-corrected chi connectivity index (χ4v) is 2.95. The lowest BCUT2D eigenvalue weighted by Gasteiger charge is -2.31. The molecule has 3 rings (SSSR count). The van der Waals surface area contributed by atoms with E-state index in [0.29, 0.717) is 21.5 Å². The fourth-order valence-electron chi connectivity index (χ4n) is 2.73. The van der Waals surface area contributed by atoms with E-state index >= 15 is 0 Å². The van der Waals surface area contributed by atoms with Gasteiger partial charge < -0.3 is 24.1 Å². The topological polar surface area (TPSA) is 97.9 Å². The zero-order valence-electron chi connectivity index (χ0n) is 14.0. The van der Waals surface area contributed by atoms with Gasteiger partial charge in [-0.2, -0.15) is 0 Å². The van der Waals surface area contributed by atoms with Crippen LogP contribution in [0, 0.1) is 0 Å². The number of nitrogens with zero attached hydrogens (tertiary/aromatic N) is 1. The predicted octanol–water partition coefficient (Wildman–Crippen LogP) is 1.58. The number of esters is 2. The van der Waals surface area contributed by atoms with Gasteiger partial charge in [-0.05, 0) is 12.1 Å². The van der Waals surface area contributed by atoms with Gasteiger partial charge in [0.15, 0.2) is 0 Å². The van der Waals surface area contributed by atoms with E-state index < -0.39 is 11.9 Å². The number of methoxy groups -OCH3 is 2. The molecular formula is C17H15ClN2O6. The van der Waals surface area contributed by atoms with Gasteiger partial charge in [-0.3, -0.25) is 4.79 Å². The Morgan fingerprint density at radius 1 is 1.19 bits per heavy atom. The van der Waals surface area contributed by atoms with Gasteiger partial charge in [0.1, 0.15) is 12.4 Å². The third-order valence-electron chi connectivity index (χ3n) is 3.98. The molecule has 1 N–H and O–H groups in total. The maximum atomic E-state index is 12.3. The molecule has 2 heterocycles. The number of nitrogens with one attached hydrogen (secondary N) is 1. The molecular weight excluding hydrogens is 364 g/mol. The minimum absolute atomic E-state index is 0.00315. The van der Waals surface area contributed by atoms with Gasteiger partial charge in [-0.1, -0.05) is 17.7 Å². The number of aromatic nitrogens is 1. The number of anilines is 1. The minimum atomic E-state index is -0.714. The lowest BCUT2D eigenvalue weighted by molar-refractivity contribution is -0.140. The molecule has 0 saturated heterocycles. The second kappa shape index (κ2) is 7.19. The van der Waals surface area contributed by atoms with E-state index in [0.717, 1.165) is 0 Å². The van der Waals surface area contributed by atoms with E-state index in [1.54, 1.807) is 18.2 Å². The van der Waals surface area contributed by atoms with E-state index in [-0.39, 0.29) is 30.2 Å². The first kappa shape index (κ1) is 18.0. The number of ether oxygens (including phenoxy) is 3. The van der Waals surface area contributed by atoms with Crippen LogP contribution in [0.1, 0.15) is 0 Å². The molecule has 26 heavy (non-hydrogen) atoms. The van der Waals surface area contributed by atoms with Crippen molar-refractivity contribution in [1.82, 2.24) is 4.98 Å². The average molecular weight is 379 g/mol. The third-order valence-corrected chi connectivity index (χ3v) is 4.29. The molecule has 0 saturated carbocycles. The summed E-state index contributed by atoms with van der Waals surface area (Å²) in [5, 5.41) is 1.29. The number of hydrogen-bond donors (Lipinski definition) is 1. The van der Waals surface area contributed by atoms with Crippen LogP contribution in [0.15, 0.2) is 40.5 Å². The number of halogens is 1. The summed E-state index contributed by atoms with van der Waals surface area (Å²) < 4.78 is 14.9. The van der Waals surface area contributed by atoms with Crippen molar-refractivity contribution >= 4 is 40.0 Å². The molecule has 0 unspecified atom stereocenters. The second-order valence-electron chi connectivity index (χ2n) is 5.41. The Labute approximate surface area is 152 Å². The minimum Gasteiger partial charge on any atom is -0.466 e. The van der Waals surface area contributed by atoms with Crippen molar-refractivity contribution in [2.24, 2.45) is 0 Å². The summed E-state index contributed by atoms with van der Waals surface area (Å²) in [5.41, 5.74) is 0.168. The number of H-pyrrole nitrogens is 1. The van der Waals surface area contributed by atoms with Crippen LogP contribution in [0.25, 0.3) is 10.8 Å². The van der Waals surface area contributed by atoms with Crippen molar-refractivity contribution in [3.05, 3.63) is 51.0 Å². The van der Waals surface area contributed by atoms with Gasteiger partial charge in [0.05, 0.1) is 36.8 Å². The number of rotatable bonds is 3. The van der Waals surface area contributed by atoms with Crippen LogP contribution >= 0.6 is 11.6 Å². The Morgan fingerprint density at radius 3 is 2.62 bits per heavy atom. The van der Waals surface area contributed by atoms with E-state index in [4.69, 9.17) is 25.8 Å². The van der Waals surface area contributed by atoms with Crippen LogP contribution in [-0.2, 0) is 23.8 Å². The lowest BCUT2D eigenvalue weighted by atomic mass is 10.1. The van der Waals surface area contributed by atoms with Crippen molar-refractivity contribution in [2.75, 3.05) is 32.5 Å². The van der Waals surface area contributed by atoms with E-state index in [1.807, 2.05) is 0 Å². The van der Waals surface area contributed by atoms with Crippen LogP contribution in [-0.4, -0.2) is 44.5 Å². The van der Waals surface area contributed by atoms with E-state index in [1.165, 1.54) is 25.3 Å². The number of benzene rings is 1. The van der Waals surface area contributed by atoms with Crippen LogP contribution in [0.5, 0.6) is 0 Å². The number of aromatic amines is 1. The first-order valence-corrected chi connectivity index (χ1v) is 7.91. The number of pyridine rings is 1. The van der Waals surface area contributed by atoms with Gasteiger partial charge >= 0.3 is 11.9 Å². The summed E-state index contributed by atoms with van der Waals surface area (Å²) in [5.74, 6) is -1.41. The Bertz CT molecular complexity index is 981. The Kier molecular flexibility index (Phi) is 4.97. The Hall–Kier alpha value is -2.84. The molecule has 0 spiro atoms. The summed E-state index contributed by atoms with van der Waals surface area (Å²) in [4.78, 5) is 40.4. The molecule has 2 aromatic rings. The molecule has 0 atom stereocenters. The highest BCUT2D eigenvalue weighted by Crippen LogP contribution is 2.30.